The summed E-state index contributed by atoms with van der Waals surface area (Å²) in [6, 6.07) is 10.4. The minimum absolute atomic E-state index is 0.0512. The minimum atomic E-state index is -4.48. The van der Waals surface area contributed by atoms with Crippen LogP contribution in [0.5, 0.6) is 5.75 Å². The molecule has 0 bridgehead atoms. The van der Waals surface area contributed by atoms with E-state index in [1.165, 1.54) is 25.3 Å². The Morgan fingerprint density at radius 2 is 1.98 bits per heavy atom. The topological polar surface area (TPSA) is 88.0 Å². The predicted molar refractivity (Wildman–Crippen MR) is 149 cm³/mol. The summed E-state index contributed by atoms with van der Waals surface area (Å²) in [6.07, 6.45) is -5.10. The molecule has 3 N–H and O–H groups in total. The quantitative estimate of drug-likeness (QED) is 0.235. The van der Waals surface area contributed by atoms with Crippen LogP contribution in [0, 0.1) is 11.8 Å². The van der Waals surface area contributed by atoms with Crippen LogP contribution in [0.4, 0.5) is 28.9 Å². The number of halogens is 4. The van der Waals surface area contributed by atoms with E-state index in [4.69, 9.17) is 14.6 Å². The monoisotopic (exact) mass is 576 g/mol. The summed E-state index contributed by atoms with van der Waals surface area (Å²) < 4.78 is 67.1. The number of aromatic nitrogens is 1. The van der Waals surface area contributed by atoms with Gasteiger partial charge >= 0.3 is 12.1 Å². The lowest BCUT2D eigenvalue weighted by Crippen LogP contribution is -2.48. The fourth-order valence-corrected chi connectivity index (χ4v) is 4.86. The first-order valence-electron chi connectivity index (χ1n) is 13.0. The number of aromatic carboxylic acids is 1. The average molecular weight is 577 g/mol. The van der Waals surface area contributed by atoms with Crippen molar-refractivity contribution in [2.45, 2.75) is 31.4 Å². The maximum atomic E-state index is 15.0. The van der Waals surface area contributed by atoms with Gasteiger partial charge in [0.05, 0.1) is 48.8 Å². The van der Waals surface area contributed by atoms with Gasteiger partial charge in [-0.25, -0.2) is 9.18 Å². The van der Waals surface area contributed by atoms with Gasteiger partial charge in [-0.15, -0.1) is 0 Å². The van der Waals surface area contributed by atoms with Crippen molar-refractivity contribution < 1.29 is 36.9 Å². The lowest BCUT2D eigenvalue weighted by Gasteiger charge is -2.35. The maximum Gasteiger partial charge on any atom is 0.406 e. The molecule has 1 saturated heterocycles. The van der Waals surface area contributed by atoms with E-state index in [0.29, 0.717) is 54.1 Å². The molecule has 4 rings (SSSR count). The largest absolute Gasteiger partial charge is 0.495 e. The number of alkyl halides is 4. The number of likely N-dealkylation sites (tertiary alicyclic amines) is 1. The highest BCUT2D eigenvalue weighted by molar-refractivity contribution is 5.94. The summed E-state index contributed by atoms with van der Waals surface area (Å²) in [6.45, 7) is 0.912. The number of piperidine rings is 1. The zero-order valence-electron chi connectivity index (χ0n) is 22.7. The number of carboxylic acids is 1. The van der Waals surface area contributed by atoms with Crippen LogP contribution < -0.4 is 15.4 Å². The second-order valence-corrected chi connectivity index (χ2v) is 9.69. The van der Waals surface area contributed by atoms with E-state index < -0.39 is 30.9 Å². The second kappa shape index (κ2) is 13.1. The van der Waals surface area contributed by atoms with Crippen LogP contribution in [-0.4, -0.2) is 85.9 Å². The van der Waals surface area contributed by atoms with Crippen LogP contribution in [0.1, 0.15) is 22.5 Å². The van der Waals surface area contributed by atoms with E-state index >= 15 is 4.39 Å². The first-order valence-corrected chi connectivity index (χ1v) is 13.0. The Morgan fingerprint density at radius 3 is 2.66 bits per heavy atom. The Morgan fingerprint density at radius 1 is 1.17 bits per heavy atom. The molecule has 2 atom stereocenters. The molecular formula is C29H32F4N4O4. The van der Waals surface area contributed by atoms with Crippen LogP contribution in [-0.2, 0) is 11.3 Å². The summed E-state index contributed by atoms with van der Waals surface area (Å²) in [7, 11) is 3.00. The van der Waals surface area contributed by atoms with Crippen molar-refractivity contribution in [1.29, 1.82) is 0 Å². The maximum absolute atomic E-state index is 15.0. The minimum Gasteiger partial charge on any atom is -0.495 e. The Labute approximate surface area is 235 Å². The first-order chi connectivity index (χ1) is 19.6. The number of methoxy groups -OCH3 is 2. The first kappa shape index (κ1) is 30.0. The number of fused-ring (bicyclic) bond motifs is 1. The molecule has 0 amide bonds. The highest BCUT2D eigenvalue weighted by Crippen LogP contribution is 2.32. The van der Waals surface area contributed by atoms with Crippen LogP contribution in [0.2, 0.25) is 0 Å². The molecule has 0 aliphatic carbocycles. The van der Waals surface area contributed by atoms with Crippen molar-refractivity contribution in [3.63, 3.8) is 0 Å². The summed E-state index contributed by atoms with van der Waals surface area (Å²) in [5.74, 6) is 4.86. The normalized spacial score (nSPS) is 17.6. The molecule has 3 aromatic rings. The van der Waals surface area contributed by atoms with Crippen LogP contribution >= 0.6 is 0 Å². The van der Waals surface area contributed by atoms with E-state index in [1.807, 2.05) is 4.90 Å². The second-order valence-electron chi connectivity index (χ2n) is 9.69. The molecule has 1 aliphatic heterocycles. The van der Waals surface area contributed by atoms with Crippen molar-refractivity contribution in [2.75, 3.05) is 57.6 Å². The van der Waals surface area contributed by atoms with Crippen molar-refractivity contribution in [3.8, 4) is 17.6 Å². The fraction of sp³-hybridized carbons (Fsp3) is 0.414. The summed E-state index contributed by atoms with van der Waals surface area (Å²) in [5, 5.41) is 15.9. The predicted octanol–water partition coefficient (Wildman–Crippen LogP) is 4.84. The number of ether oxygens (including phenoxy) is 2. The highest BCUT2D eigenvalue weighted by Gasteiger charge is 2.31. The average Bonchev–Trinajstić information content (AvgIpc) is 3.27. The third kappa shape index (κ3) is 7.62. The van der Waals surface area contributed by atoms with Gasteiger partial charge in [0.25, 0.3) is 0 Å². The van der Waals surface area contributed by atoms with Crippen molar-refractivity contribution >= 4 is 28.2 Å². The molecule has 41 heavy (non-hydrogen) atoms. The number of hydrogen-bond donors (Lipinski definition) is 3. The highest BCUT2D eigenvalue weighted by atomic mass is 19.4. The molecule has 2 heterocycles. The van der Waals surface area contributed by atoms with E-state index in [2.05, 4.69) is 22.5 Å². The fourth-order valence-electron chi connectivity index (χ4n) is 4.86. The number of nitrogens with zero attached hydrogens (tertiary/aromatic N) is 2. The van der Waals surface area contributed by atoms with Crippen LogP contribution in [0.25, 0.3) is 10.9 Å². The van der Waals surface area contributed by atoms with Gasteiger partial charge in [0.1, 0.15) is 18.5 Å². The molecular weight excluding hydrogens is 544 g/mol. The molecule has 220 valence electrons. The Kier molecular flexibility index (Phi) is 9.62. The zero-order valence-corrected chi connectivity index (χ0v) is 22.7. The number of carboxylic acid groups (broad SMARTS) is 1. The van der Waals surface area contributed by atoms with Gasteiger partial charge in [-0.1, -0.05) is 12.0 Å². The summed E-state index contributed by atoms with van der Waals surface area (Å²) in [4.78, 5) is 13.2. The molecule has 1 aromatic heterocycles. The van der Waals surface area contributed by atoms with E-state index in [9.17, 15) is 18.0 Å². The molecule has 12 heteroatoms. The Balaban J connectivity index is 1.56. The molecule has 1 aliphatic rings. The van der Waals surface area contributed by atoms with Crippen LogP contribution in [0.15, 0.2) is 42.5 Å². The smallest absolute Gasteiger partial charge is 0.406 e. The zero-order chi connectivity index (χ0) is 29.6. The van der Waals surface area contributed by atoms with E-state index in [-0.39, 0.29) is 24.3 Å². The van der Waals surface area contributed by atoms with Crippen molar-refractivity contribution in [2.24, 2.45) is 0 Å². The standard InChI is InChI=1S/C29H32F4N4O4/c1-40-14-13-36-12-10-24(22(30)17-36)35-23-6-3-7-26-21(23)16-20(37(26)18-29(31,32)33)5-4-11-34-25-9-8-19(28(38)39)15-27(25)41-2/h3,6-9,15-16,22,24,34-35H,10-14,17-18H2,1-2H3,(H,38,39)/t22-,24+/m1/s1. The third-order valence-electron chi connectivity index (χ3n) is 6.89. The molecule has 0 radical (unpaired) electrons. The number of rotatable bonds is 10. The van der Waals surface area contributed by atoms with Crippen molar-refractivity contribution in [1.82, 2.24) is 9.47 Å². The van der Waals surface area contributed by atoms with Gasteiger partial charge in [0.15, 0.2) is 0 Å². The number of carbonyl (C=O) groups is 1. The SMILES string of the molecule is COCCN1CC[C@H](Nc2cccc3c2cc(C#CCNc2ccc(C(=O)O)cc2OC)n3CC(F)(F)F)[C@H](F)C1. The van der Waals surface area contributed by atoms with Gasteiger partial charge in [0.2, 0.25) is 0 Å². The van der Waals surface area contributed by atoms with E-state index in [0.717, 1.165) is 4.57 Å². The summed E-state index contributed by atoms with van der Waals surface area (Å²) >= 11 is 0. The summed E-state index contributed by atoms with van der Waals surface area (Å²) in [5.41, 5.74) is 1.58. The number of hydrogen-bond acceptors (Lipinski definition) is 6. The van der Waals surface area contributed by atoms with Crippen molar-refractivity contribution in [3.05, 3.63) is 53.7 Å². The lowest BCUT2D eigenvalue weighted by molar-refractivity contribution is -0.140. The van der Waals surface area contributed by atoms with Gasteiger partial charge in [0, 0.05) is 37.8 Å². The third-order valence-corrected chi connectivity index (χ3v) is 6.89. The molecule has 8 nitrogen and oxygen atoms in total. The Hall–Kier alpha value is -3.95. The van der Waals surface area contributed by atoms with E-state index in [1.54, 1.807) is 31.4 Å². The molecule has 0 spiro atoms. The number of nitrogens with one attached hydrogen (secondary N) is 2. The lowest BCUT2D eigenvalue weighted by atomic mass is 10.0. The number of anilines is 2. The van der Waals surface area contributed by atoms with Gasteiger partial charge in [-0.3, -0.25) is 4.90 Å². The Bertz CT molecular complexity index is 1430. The molecule has 0 saturated carbocycles. The van der Waals surface area contributed by atoms with Gasteiger partial charge in [-0.05, 0) is 48.7 Å². The van der Waals surface area contributed by atoms with Gasteiger partial charge < -0.3 is 29.8 Å². The number of benzene rings is 2. The van der Waals surface area contributed by atoms with Crippen LogP contribution in [0.3, 0.4) is 0 Å². The molecule has 1 fully saturated rings. The molecule has 2 aromatic carbocycles. The molecule has 0 unspecified atom stereocenters. The van der Waals surface area contributed by atoms with Gasteiger partial charge in [-0.2, -0.15) is 13.2 Å².